The van der Waals surface area contributed by atoms with E-state index < -0.39 is 15.9 Å². The van der Waals surface area contributed by atoms with Crippen LogP contribution in [0, 0.1) is 0 Å². The van der Waals surface area contributed by atoms with Crippen molar-refractivity contribution in [2.24, 2.45) is 0 Å². The molecule has 0 spiro atoms. The standard InChI is InChI=1S/C22H19Cl2N3O4S2/c23-9-11-27(12-10-24)33(29,30)17-7-5-15(6-8-17)21(28)26-22-25-18(14-32-22)20-13-16-3-1-2-4-19(16)31-20/h1-8,13-14H,9-12H2,(H,25,26,28). The number of fused-ring (bicyclic) bond motifs is 1. The number of nitrogens with zero attached hydrogens (tertiary/aromatic N) is 2. The molecule has 33 heavy (non-hydrogen) atoms. The van der Waals surface area contributed by atoms with Crippen LogP contribution in [0.2, 0.25) is 0 Å². The number of para-hydroxylation sites is 1. The van der Waals surface area contributed by atoms with E-state index >= 15 is 0 Å². The highest BCUT2D eigenvalue weighted by Crippen LogP contribution is 2.30. The van der Waals surface area contributed by atoms with Crippen LogP contribution in [-0.4, -0.2) is 48.5 Å². The Hall–Kier alpha value is -2.43. The highest BCUT2D eigenvalue weighted by Gasteiger charge is 2.24. The number of thiazole rings is 1. The molecule has 2 heterocycles. The van der Waals surface area contributed by atoms with Gasteiger partial charge in [-0.15, -0.1) is 34.5 Å². The number of carbonyl (C=O) groups excluding carboxylic acids is 1. The summed E-state index contributed by atoms with van der Waals surface area (Å²) in [4.78, 5) is 17.1. The Morgan fingerprint density at radius 2 is 1.76 bits per heavy atom. The quantitative estimate of drug-likeness (QED) is 0.301. The molecular formula is C22H19Cl2N3O4S2. The maximum absolute atomic E-state index is 12.8. The number of benzene rings is 2. The van der Waals surface area contributed by atoms with Gasteiger partial charge in [0.25, 0.3) is 5.91 Å². The molecule has 0 aliphatic rings. The molecular weight excluding hydrogens is 505 g/mol. The first-order valence-electron chi connectivity index (χ1n) is 9.90. The number of nitrogens with one attached hydrogen (secondary N) is 1. The van der Waals surface area contributed by atoms with Gasteiger partial charge in [-0.3, -0.25) is 10.1 Å². The lowest BCUT2D eigenvalue weighted by atomic mass is 10.2. The van der Waals surface area contributed by atoms with Crippen molar-refractivity contribution in [3.8, 4) is 11.5 Å². The average molecular weight is 524 g/mol. The second-order valence-electron chi connectivity index (χ2n) is 6.95. The zero-order valence-electron chi connectivity index (χ0n) is 17.2. The van der Waals surface area contributed by atoms with E-state index in [4.69, 9.17) is 27.6 Å². The third kappa shape index (κ3) is 5.23. The van der Waals surface area contributed by atoms with Gasteiger partial charge in [-0.1, -0.05) is 18.2 Å². The Morgan fingerprint density at radius 3 is 2.42 bits per heavy atom. The Morgan fingerprint density at radius 1 is 1.06 bits per heavy atom. The van der Waals surface area contributed by atoms with E-state index in [-0.39, 0.29) is 29.7 Å². The third-order valence-electron chi connectivity index (χ3n) is 4.82. The summed E-state index contributed by atoms with van der Waals surface area (Å²) in [6, 6.07) is 15.2. The largest absolute Gasteiger partial charge is 0.454 e. The van der Waals surface area contributed by atoms with Gasteiger partial charge in [0.2, 0.25) is 10.0 Å². The zero-order chi connectivity index (χ0) is 23.4. The second-order valence-corrected chi connectivity index (χ2v) is 10.5. The van der Waals surface area contributed by atoms with E-state index in [1.54, 1.807) is 5.38 Å². The van der Waals surface area contributed by atoms with Gasteiger partial charge < -0.3 is 4.42 Å². The number of alkyl halides is 2. The number of aromatic nitrogens is 1. The predicted octanol–water partition coefficient (Wildman–Crippen LogP) is 5.28. The van der Waals surface area contributed by atoms with Crippen molar-refractivity contribution in [1.29, 1.82) is 0 Å². The van der Waals surface area contributed by atoms with Crippen LogP contribution < -0.4 is 5.32 Å². The zero-order valence-corrected chi connectivity index (χ0v) is 20.3. The smallest absolute Gasteiger partial charge is 0.257 e. The molecule has 0 aliphatic carbocycles. The number of amides is 1. The van der Waals surface area contributed by atoms with E-state index in [0.29, 0.717) is 22.1 Å². The first kappa shape index (κ1) is 23.7. The highest BCUT2D eigenvalue weighted by molar-refractivity contribution is 7.89. The van der Waals surface area contributed by atoms with Gasteiger partial charge in [0.05, 0.1) is 4.90 Å². The van der Waals surface area contributed by atoms with Gasteiger partial charge in [0.15, 0.2) is 10.9 Å². The molecule has 11 heteroatoms. The first-order valence-corrected chi connectivity index (χ1v) is 13.3. The molecule has 4 rings (SSSR count). The topological polar surface area (TPSA) is 92.5 Å². The van der Waals surface area contributed by atoms with Crippen LogP contribution in [0.15, 0.2) is 69.3 Å². The second kappa shape index (κ2) is 10.2. The lowest BCUT2D eigenvalue weighted by Gasteiger charge is -2.20. The lowest BCUT2D eigenvalue weighted by Crippen LogP contribution is -2.34. The molecule has 0 aliphatic heterocycles. The van der Waals surface area contributed by atoms with E-state index in [0.717, 1.165) is 11.0 Å². The van der Waals surface area contributed by atoms with Crippen molar-refractivity contribution in [3.05, 3.63) is 65.5 Å². The Labute approximate surface area is 205 Å². The monoisotopic (exact) mass is 523 g/mol. The van der Waals surface area contributed by atoms with Crippen molar-refractivity contribution < 1.29 is 17.6 Å². The molecule has 172 valence electrons. The molecule has 0 atom stereocenters. The Bertz CT molecular complexity index is 1330. The molecule has 7 nitrogen and oxygen atoms in total. The van der Waals surface area contributed by atoms with Crippen LogP contribution in [-0.2, 0) is 10.0 Å². The van der Waals surface area contributed by atoms with Gasteiger partial charge in [-0.25, -0.2) is 13.4 Å². The number of rotatable bonds is 9. The van der Waals surface area contributed by atoms with E-state index in [1.165, 1.54) is 39.9 Å². The minimum absolute atomic E-state index is 0.0655. The third-order valence-corrected chi connectivity index (χ3v) is 7.83. The van der Waals surface area contributed by atoms with Crippen LogP contribution in [0.4, 0.5) is 5.13 Å². The minimum atomic E-state index is -3.75. The summed E-state index contributed by atoms with van der Waals surface area (Å²) >= 11 is 12.7. The van der Waals surface area contributed by atoms with Crippen molar-refractivity contribution >= 4 is 66.6 Å². The van der Waals surface area contributed by atoms with E-state index in [9.17, 15) is 13.2 Å². The van der Waals surface area contributed by atoms with Gasteiger partial charge in [-0.2, -0.15) is 4.31 Å². The summed E-state index contributed by atoms with van der Waals surface area (Å²) in [6.07, 6.45) is 0. The predicted molar refractivity (Wildman–Crippen MR) is 132 cm³/mol. The molecule has 0 fully saturated rings. The molecule has 0 unspecified atom stereocenters. The maximum Gasteiger partial charge on any atom is 0.257 e. The van der Waals surface area contributed by atoms with Gasteiger partial charge >= 0.3 is 0 Å². The van der Waals surface area contributed by atoms with E-state index in [2.05, 4.69) is 10.3 Å². The molecule has 2 aromatic heterocycles. The molecule has 0 saturated carbocycles. The summed E-state index contributed by atoms with van der Waals surface area (Å²) < 4.78 is 32.6. The number of anilines is 1. The van der Waals surface area contributed by atoms with Gasteiger partial charge in [-0.05, 0) is 36.4 Å². The number of furan rings is 1. The van der Waals surface area contributed by atoms with Gasteiger partial charge in [0, 0.05) is 41.2 Å². The summed E-state index contributed by atoms with van der Waals surface area (Å²) in [6.45, 7) is 0.299. The van der Waals surface area contributed by atoms with Crippen molar-refractivity contribution in [3.63, 3.8) is 0 Å². The molecule has 0 radical (unpaired) electrons. The summed E-state index contributed by atoms with van der Waals surface area (Å²) in [5.74, 6) is 0.518. The van der Waals surface area contributed by atoms with E-state index in [1.807, 2.05) is 30.3 Å². The van der Waals surface area contributed by atoms with Crippen LogP contribution in [0.5, 0.6) is 0 Å². The van der Waals surface area contributed by atoms with Crippen LogP contribution in [0.3, 0.4) is 0 Å². The molecule has 0 bridgehead atoms. The molecule has 1 amide bonds. The van der Waals surface area contributed by atoms with Crippen LogP contribution >= 0.6 is 34.5 Å². The average Bonchev–Trinajstić information content (AvgIpc) is 3.46. The maximum atomic E-state index is 12.8. The first-order chi connectivity index (χ1) is 15.9. The number of hydrogen-bond donors (Lipinski definition) is 1. The number of halogens is 2. The number of carbonyl (C=O) groups is 1. The molecule has 1 N–H and O–H groups in total. The summed E-state index contributed by atoms with van der Waals surface area (Å²) in [5, 5.41) is 5.91. The molecule has 2 aromatic carbocycles. The normalized spacial score (nSPS) is 11.8. The van der Waals surface area contributed by atoms with Crippen LogP contribution in [0.25, 0.3) is 22.4 Å². The Balaban J connectivity index is 1.47. The number of hydrogen-bond acceptors (Lipinski definition) is 6. The molecule has 4 aromatic rings. The fraction of sp³-hybridized carbons (Fsp3) is 0.182. The number of sulfonamides is 1. The SMILES string of the molecule is O=C(Nc1nc(-c2cc3ccccc3o2)cs1)c1ccc(S(=O)(=O)N(CCCl)CCCl)cc1. The fourth-order valence-corrected chi connectivity index (χ4v) is 5.93. The highest BCUT2D eigenvalue weighted by atomic mass is 35.5. The summed E-state index contributed by atoms with van der Waals surface area (Å²) in [5.41, 5.74) is 1.68. The fourth-order valence-electron chi connectivity index (χ4n) is 3.19. The minimum Gasteiger partial charge on any atom is -0.454 e. The van der Waals surface area contributed by atoms with Gasteiger partial charge in [0.1, 0.15) is 11.3 Å². The molecule has 0 saturated heterocycles. The van der Waals surface area contributed by atoms with Crippen molar-refractivity contribution in [2.75, 3.05) is 30.2 Å². The van der Waals surface area contributed by atoms with Crippen molar-refractivity contribution in [2.45, 2.75) is 4.90 Å². The van der Waals surface area contributed by atoms with Crippen molar-refractivity contribution in [1.82, 2.24) is 9.29 Å². The summed E-state index contributed by atoms with van der Waals surface area (Å²) in [7, 11) is -3.75. The Kier molecular flexibility index (Phi) is 7.35. The lowest BCUT2D eigenvalue weighted by molar-refractivity contribution is 0.102. The van der Waals surface area contributed by atoms with Crippen LogP contribution in [0.1, 0.15) is 10.4 Å².